The fourth-order valence-corrected chi connectivity index (χ4v) is 3.33. The first kappa shape index (κ1) is 13.7. The van der Waals surface area contributed by atoms with Crippen molar-refractivity contribution in [3.63, 3.8) is 0 Å². The van der Waals surface area contributed by atoms with Gasteiger partial charge in [0.2, 0.25) is 0 Å². The highest BCUT2D eigenvalue weighted by Gasteiger charge is 2.15. The predicted molar refractivity (Wildman–Crippen MR) is 79.8 cm³/mol. The first-order valence-corrected chi connectivity index (χ1v) is 7.70. The summed E-state index contributed by atoms with van der Waals surface area (Å²) < 4.78 is 1.69. The molecule has 0 aliphatic carbocycles. The molecule has 18 heavy (non-hydrogen) atoms. The van der Waals surface area contributed by atoms with E-state index in [-0.39, 0.29) is 11.9 Å². The number of nitrogens with zero attached hydrogens (tertiary/aromatic N) is 1. The summed E-state index contributed by atoms with van der Waals surface area (Å²) in [6.45, 7) is 1.92. The van der Waals surface area contributed by atoms with Crippen LogP contribution in [0.2, 0.25) is 0 Å². The molecule has 0 saturated heterocycles. The highest BCUT2D eigenvalue weighted by atomic mass is 79.9. The first-order chi connectivity index (χ1) is 8.58. The summed E-state index contributed by atoms with van der Waals surface area (Å²) >= 11 is 8.27. The Hall–Kier alpha value is -0.720. The molecule has 1 amide bonds. The van der Waals surface area contributed by atoms with E-state index in [0.717, 1.165) is 14.0 Å². The summed E-state index contributed by atoms with van der Waals surface area (Å²) in [7, 11) is 0. The summed E-state index contributed by atoms with van der Waals surface area (Å²) in [4.78, 5) is 16.3. The number of amides is 1. The van der Waals surface area contributed by atoms with Crippen molar-refractivity contribution < 1.29 is 4.79 Å². The molecule has 1 N–H and O–H groups in total. The van der Waals surface area contributed by atoms with Crippen LogP contribution in [0.15, 0.2) is 38.7 Å². The number of aromatic nitrogens is 1. The maximum absolute atomic E-state index is 12.1. The van der Waals surface area contributed by atoms with Gasteiger partial charge in [-0.3, -0.25) is 4.79 Å². The van der Waals surface area contributed by atoms with Gasteiger partial charge < -0.3 is 5.32 Å². The lowest BCUT2D eigenvalue weighted by Crippen LogP contribution is -2.26. The molecule has 0 radical (unpaired) electrons. The highest BCUT2D eigenvalue weighted by Crippen LogP contribution is 2.23. The highest BCUT2D eigenvalue weighted by molar-refractivity contribution is 9.11. The monoisotopic (exact) mass is 388 g/mol. The predicted octanol–water partition coefficient (Wildman–Crippen LogP) is 4.16. The third-order valence-corrected chi connectivity index (χ3v) is 4.45. The Labute approximate surface area is 126 Å². The lowest BCUT2D eigenvalue weighted by Gasteiger charge is -2.12. The van der Waals surface area contributed by atoms with Crippen LogP contribution < -0.4 is 5.32 Å². The number of hydrogen-bond donors (Lipinski definition) is 1. The Morgan fingerprint density at radius 1 is 1.44 bits per heavy atom. The zero-order valence-electron chi connectivity index (χ0n) is 9.48. The van der Waals surface area contributed by atoms with Crippen molar-refractivity contribution in [2.75, 3.05) is 0 Å². The molecule has 1 aromatic heterocycles. The van der Waals surface area contributed by atoms with E-state index in [9.17, 15) is 4.79 Å². The summed E-state index contributed by atoms with van der Waals surface area (Å²) in [6, 6.07) is 5.38. The second-order valence-electron chi connectivity index (χ2n) is 3.69. The second-order valence-corrected chi connectivity index (χ2v) is 6.39. The van der Waals surface area contributed by atoms with Gasteiger partial charge in [-0.15, -0.1) is 11.3 Å². The molecule has 6 heteroatoms. The van der Waals surface area contributed by atoms with E-state index in [0.29, 0.717) is 5.56 Å². The van der Waals surface area contributed by atoms with Crippen LogP contribution >= 0.6 is 43.2 Å². The number of hydrogen-bond acceptors (Lipinski definition) is 3. The fourth-order valence-electron chi connectivity index (χ4n) is 1.46. The lowest BCUT2D eigenvalue weighted by atomic mass is 10.2. The van der Waals surface area contributed by atoms with Crippen molar-refractivity contribution in [2.24, 2.45) is 0 Å². The maximum Gasteiger partial charge on any atom is 0.252 e. The van der Waals surface area contributed by atoms with E-state index < -0.39 is 0 Å². The van der Waals surface area contributed by atoms with Crippen LogP contribution in [0.25, 0.3) is 0 Å². The number of rotatable bonds is 3. The van der Waals surface area contributed by atoms with Crippen LogP contribution in [0.5, 0.6) is 0 Å². The molecule has 0 bridgehead atoms. The van der Waals surface area contributed by atoms with Gasteiger partial charge >= 0.3 is 0 Å². The zero-order valence-corrected chi connectivity index (χ0v) is 13.5. The third kappa shape index (κ3) is 3.18. The Bertz CT molecular complexity index is 557. The number of carbonyl (C=O) groups is 1. The van der Waals surface area contributed by atoms with Crippen LogP contribution in [0.1, 0.15) is 28.3 Å². The van der Waals surface area contributed by atoms with Crippen molar-refractivity contribution >= 4 is 49.1 Å². The molecule has 1 atom stereocenters. The molecule has 94 valence electrons. The van der Waals surface area contributed by atoms with Gasteiger partial charge in [0.1, 0.15) is 5.01 Å². The minimum absolute atomic E-state index is 0.0898. The minimum Gasteiger partial charge on any atom is -0.343 e. The van der Waals surface area contributed by atoms with Gasteiger partial charge in [0.15, 0.2) is 0 Å². The molecule has 1 aromatic carbocycles. The molecule has 0 aliphatic heterocycles. The molecule has 0 fully saturated rings. The molecular formula is C12H10Br2N2OS. The van der Waals surface area contributed by atoms with Gasteiger partial charge in [-0.1, -0.05) is 15.9 Å². The molecule has 3 nitrogen and oxygen atoms in total. The maximum atomic E-state index is 12.1. The Morgan fingerprint density at radius 2 is 2.22 bits per heavy atom. The summed E-state index contributed by atoms with van der Waals surface area (Å²) in [5.41, 5.74) is 0.613. The van der Waals surface area contributed by atoms with Crippen LogP contribution in [0, 0.1) is 0 Å². The van der Waals surface area contributed by atoms with Gasteiger partial charge in [0, 0.05) is 20.5 Å². The Balaban J connectivity index is 2.12. The van der Waals surface area contributed by atoms with Crippen molar-refractivity contribution in [3.05, 3.63) is 49.3 Å². The van der Waals surface area contributed by atoms with Gasteiger partial charge in [-0.2, -0.15) is 0 Å². The molecule has 2 rings (SSSR count). The van der Waals surface area contributed by atoms with Gasteiger partial charge in [-0.25, -0.2) is 4.98 Å². The van der Waals surface area contributed by atoms with E-state index in [1.165, 1.54) is 11.3 Å². The van der Waals surface area contributed by atoms with Gasteiger partial charge in [-0.05, 0) is 41.1 Å². The normalized spacial score (nSPS) is 12.2. The third-order valence-electron chi connectivity index (χ3n) is 2.35. The van der Waals surface area contributed by atoms with E-state index in [1.54, 1.807) is 12.3 Å². The second kappa shape index (κ2) is 5.95. The number of benzene rings is 1. The fraction of sp³-hybridized carbons (Fsp3) is 0.167. The number of carbonyl (C=O) groups excluding carboxylic acids is 1. The smallest absolute Gasteiger partial charge is 0.252 e. The summed E-state index contributed by atoms with van der Waals surface area (Å²) in [5, 5.41) is 5.72. The number of thiazole rings is 1. The molecule has 0 spiro atoms. The average Bonchev–Trinajstić information content (AvgIpc) is 2.81. The van der Waals surface area contributed by atoms with Crippen molar-refractivity contribution in [3.8, 4) is 0 Å². The number of halogens is 2. The largest absolute Gasteiger partial charge is 0.343 e. The molecule has 1 heterocycles. The van der Waals surface area contributed by atoms with E-state index in [1.807, 2.05) is 24.4 Å². The van der Waals surface area contributed by atoms with Crippen molar-refractivity contribution in [1.29, 1.82) is 0 Å². The minimum atomic E-state index is -0.114. The molecule has 2 aromatic rings. The van der Waals surface area contributed by atoms with Gasteiger partial charge in [0.05, 0.1) is 11.6 Å². The van der Waals surface area contributed by atoms with Gasteiger partial charge in [0.25, 0.3) is 5.91 Å². The SMILES string of the molecule is CC(NC(=O)c1ccc(Br)cc1Br)c1nccs1. The summed E-state index contributed by atoms with van der Waals surface area (Å²) in [5.74, 6) is -0.114. The molecule has 0 aliphatic rings. The van der Waals surface area contributed by atoms with Crippen LogP contribution in [0.4, 0.5) is 0 Å². The van der Waals surface area contributed by atoms with Crippen LogP contribution in [0.3, 0.4) is 0 Å². The summed E-state index contributed by atoms with van der Waals surface area (Å²) in [6.07, 6.45) is 1.73. The first-order valence-electron chi connectivity index (χ1n) is 5.23. The van der Waals surface area contributed by atoms with Crippen molar-refractivity contribution in [1.82, 2.24) is 10.3 Å². The molecule has 0 saturated carbocycles. The standard InChI is InChI=1S/C12H10Br2N2OS/c1-7(12-15-4-5-18-12)16-11(17)9-3-2-8(13)6-10(9)14/h2-7H,1H3,(H,16,17). The van der Waals surface area contributed by atoms with E-state index in [4.69, 9.17) is 0 Å². The van der Waals surface area contributed by atoms with E-state index >= 15 is 0 Å². The topological polar surface area (TPSA) is 42.0 Å². The zero-order chi connectivity index (χ0) is 13.1. The Morgan fingerprint density at radius 3 is 2.83 bits per heavy atom. The quantitative estimate of drug-likeness (QED) is 0.856. The van der Waals surface area contributed by atoms with Crippen LogP contribution in [-0.2, 0) is 0 Å². The lowest BCUT2D eigenvalue weighted by molar-refractivity contribution is 0.0939. The van der Waals surface area contributed by atoms with Crippen molar-refractivity contribution in [2.45, 2.75) is 13.0 Å². The number of nitrogens with one attached hydrogen (secondary N) is 1. The van der Waals surface area contributed by atoms with E-state index in [2.05, 4.69) is 42.2 Å². The Kier molecular flexibility index (Phi) is 4.53. The molecular weight excluding hydrogens is 380 g/mol. The molecule has 1 unspecified atom stereocenters. The average molecular weight is 390 g/mol. The van der Waals surface area contributed by atoms with Crippen LogP contribution in [-0.4, -0.2) is 10.9 Å².